The molecule has 2 atom stereocenters. The minimum Gasteiger partial charge on any atom is -0.310 e. The van der Waals surface area contributed by atoms with Crippen molar-refractivity contribution in [2.45, 2.75) is 53.1 Å². The SMILES string of the molecule is CC(C)CNCc1nnnn1CC1CCC(C)C1. The molecule has 0 amide bonds. The second-order valence-corrected chi connectivity index (χ2v) is 6.09. The highest BCUT2D eigenvalue weighted by Crippen LogP contribution is 2.31. The van der Waals surface area contributed by atoms with Gasteiger partial charge in [-0.05, 0) is 47.6 Å². The van der Waals surface area contributed by atoms with Crippen LogP contribution in [0.4, 0.5) is 0 Å². The fraction of sp³-hybridized carbons (Fsp3) is 0.923. The van der Waals surface area contributed by atoms with E-state index in [-0.39, 0.29) is 0 Å². The molecule has 1 saturated carbocycles. The second-order valence-electron chi connectivity index (χ2n) is 6.09. The lowest BCUT2D eigenvalue weighted by atomic mass is 10.1. The van der Waals surface area contributed by atoms with Gasteiger partial charge < -0.3 is 5.32 Å². The predicted molar refractivity (Wildman–Crippen MR) is 70.9 cm³/mol. The number of hydrogen-bond acceptors (Lipinski definition) is 4. The summed E-state index contributed by atoms with van der Waals surface area (Å²) in [5, 5.41) is 15.4. The number of hydrogen-bond donors (Lipinski definition) is 1. The fourth-order valence-electron chi connectivity index (χ4n) is 2.70. The summed E-state index contributed by atoms with van der Waals surface area (Å²) >= 11 is 0. The molecular formula is C13H25N5. The average molecular weight is 251 g/mol. The topological polar surface area (TPSA) is 55.6 Å². The van der Waals surface area contributed by atoms with E-state index in [0.29, 0.717) is 5.92 Å². The van der Waals surface area contributed by atoms with Crippen LogP contribution in [0.1, 0.15) is 45.9 Å². The molecule has 0 saturated heterocycles. The van der Waals surface area contributed by atoms with Crippen LogP contribution in [0.3, 0.4) is 0 Å². The maximum Gasteiger partial charge on any atom is 0.165 e. The zero-order valence-electron chi connectivity index (χ0n) is 11.8. The Morgan fingerprint density at radius 1 is 1.39 bits per heavy atom. The molecule has 2 unspecified atom stereocenters. The molecule has 5 heteroatoms. The van der Waals surface area contributed by atoms with Gasteiger partial charge in [0.1, 0.15) is 0 Å². The van der Waals surface area contributed by atoms with Crippen molar-refractivity contribution in [1.29, 1.82) is 0 Å². The van der Waals surface area contributed by atoms with Crippen LogP contribution in [-0.2, 0) is 13.1 Å². The van der Waals surface area contributed by atoms with Gasteiger partial charge in [-0.15, -0.1) is 5.10 Å². The third kappa shape index (κ3) is 3.77. The van der Waals surface area contributed by atoms with Gasteiger partial charge in [-0.1, -0.05) is 27.2 Å². The van der Waals surface area contributed by atoms with E-state index in [1.807, 2.05) is 4.68 Å². The van der Waals surface area contributed by atoms with Gasteiger partial charge >= 0.3 is 0 Å². The van der Waals surface area contributed by atoms with E-state index in [4.69, 9.17) is 0 Å². The molecule has 1 aromatic rings. The summed E-state index contributed by atoms with van der Waals surface area (Å²) in [7, 11) is 0. The molecule has 1 aliphatic carbocycles. The summed E-state index contributed by atoms with van der Waals surface area (Å²) in [5.41, 5.74) is 0. The van der Waals surface area contributed by atoms with Crippen molar-refractivity contribution < 1.29 is 0 Å². The molecule has 0 bridgehead atoms. The Morgan fingerprint density at radius 3 is 2.89 bits per heavy atom. The fourth-order valence-corrected chi connectivity index (χ4v) is 2.70. The molecule has 0 aliphatic heterocycles. The zero-order chi connectivity index (χ0) is 13.0. The van der Waals surface area contributed by atoms with Crippen LogP contribution < -0.4 is 5.32 Å². The number of rotatable bonds is 6. The van der Waals surface area contributed by atoms with Crippen LogP contribution in [0, 0.1) is 17.8 Å². The number of tetrazole rings is 1. The molecule has 1 heterocycles. The molecule has 18 heavy (non-hydrogen) atoms. The highest BCUT2D eigenvalue weighted by atomic mass is 15.5. The molecule has 2 rings (SSSR count). The normalized spacial score (nSPS) is 24.0. The van der Waals surface area contributed by atoms with E-state index in [0.717, 1.165) is 37.3 Å². The molecule has 5 nitrogen and oxygen atoms in total. The van der Waals surface area contributed by atoms with E-state index in [1.54, 1.807) is 0 Å². The van der Waals surface area contributed by atoms with Gasteiger partial charge in [0.25, 0.3) is 0 Å². The lowest BCUT2D eigenvalue weighted by Gasteiger charge is -2.11. The average Bonchev–Trinajstić information content (AvgIpc) is 2.89. The molecule has 1 aliphatic rings. The number of aromatic nitrogens is 4. The van der Waals surface area contributed by atoms with Crippen LogP contribution in [-0.4, -0.2) is 26.8 Å². The summed E-state index contributed by atoms with van der Waals surface area (Å²) in [6.07, 6.45) is 3.99. The monoisotopic (exact) mass is 251 g/mol. The van der Waals surface area contributed by atoms with E-state index in [1.165, 1.54) is 19.3 Å². The first-order valence-electron chi connectivity index (χ1n) is 7.11. The summed E-state index contributed by atoms with van der Waals surface area (Å²) in [4.78, 5) is 0. The van der Waals surface area contributed by atoms with Gasteiger partial charge in [0.05, 0.1) is 6.54 Å². The Kier molecular flexibility index (Phi) is 4.69. The number of nitrogens with zero attached hydrogens (tertiary/aromatic N) is 4. The van der Waals surface area contributed by atoms with E-state index in [9.17, 15) is 0 Å². The first kappa shape index (κ1) is 13.5. The summed E-state index contributed by atoms with van der Waals surface area (Å²) < 4.78 is 1.98. The van der Waals surface area contributed by atoms with Gasteiger partial charge in [0.15, 0.2) is 5.82 Å². The van der Waals surface area contributed by atoms with Crippen molar-refractivity contribution in [2.24, 2.45) is 17.8 Å². The van der Waals surface area contributed by atoms with Crippen molar-refractivity contribution in [2.75, 3.05) is 6.54 Å². The van der Waals surface area contributed by atoms with Gasteiger partial charge in [-0.2, -0.15) is 0 Å². The van der Waals surface area contributed by atoms with E-state index in [2.05, 4.69) is 41.6 Å². The zero-order valence-corrected chi connectivity index (χ0v) is 11.8. The molecule has 1 fully saturated rings. The van der Waals surface area contributed by atoms with E-state index >= 15 is 0 Å². The minimum atomic E-state index is 0.657. The molecule has 1 aromatic heterocycles. The Bertz CT molecular complexity index is 360. The largest absolute Gasteiger partial charge is 0.310 e. The highest BCUT2D eigenvalue weighted by Gasteiger charge is 2.22. The summed E-state index contributed by atoms with van der Waals surface area (Å²) in [6.45, 7) is 9.51. The molecular weight excluding hydrogens is 226 g/mol. The van der Waals surface area contributed by atoms with Crippen LogP contribution in [0.15, 0.2) is 0 Å². The van der Waals surface area contributed by atoms with Crippen molar-refractivity contribution in [3.05, 3.63) is 5.82 Å². The lowest BCUT2D eigenvalue weighted by molar-refractivity contribution is 0.396. The van der Waals surface area contributed by atoms with Gasteiger partial charge in [-0.3, -0.25) is 0 Å². The first-order chi connectivity index (χ1) is 8.65. The van der Waals surface area contributed by atoms with Crippen LogP contribution in [0.5, 0.6) is 0 Å². The minimum absolute atomic E-state index is 0.657. The van der Waals surface area contributed by atoms with E-state index < -0.39 is 0 Å². The van der Waals surface area contributed by atoms with Crippen molar-refractivity contribution in [3.63, 3.8) is 0 Å². The van der Waals surface area contributed by atoms with Gasteiger partial charge in [-0.25, -0.2) is 4.68 Å². The quantitative estimate of drug-likeness (QED) is 0.838. The molecule has 1 N–H and O–H groups in total. The molecule has 0 radical (unpaired) electrons. The van der Waals surface area contributed by atoms with Crippen LogP contribution in [0.2, 0.25) is 0 Å². The van der Waals surface area contributed by atoms with Gasteiger partial charge in [0.2, 0.25) is 0 Å². The molecule has 102 valence electrons. The maximum atomic E-state index is 4.12. The third-order valence-electron chi connectivity index (χ3n) is 3.68. The Hall–Kier alpha value is -0.970. The standard InChI is InChI=1S/C13H25N5/c1-10(2)7-14-8-13-15-16-17-18(13)9-12-5-4-11(3)6-12/h10-12,14H,4-9H2,1-3H3. The number of nitrogens with one attached hydrogen (secondary N) is 1. The van der Waals surface area contributed by atoms with Crippen LogP contribution in [0.25, 0.3) is 0 Å². The highest BCUT2D eigenvalue weighted by molar-refractivity contribution is 4.82. The second kappa shape index (κ2) is 6.27. The Balaban J connectivity index is 1.83. The maximum absolute atomic E-state index is 4.12. The first-order valence-corrected chi connectivity index (χ1v) is 7.11. The van der Waals surface area contributed by atoms with Gasteiger partial charge in [0, 0.05) is 6.54 Å². The molecule has 0 aromatic carbocycles. The van der Waals surface area contributed by atoms with Crippen molar-refractivity contribution >= 4 is 0 Å². The predicted octanol–water partition coefficient (Wildman–Crippen LogP) is 1.85. The summed E-state index contributed by atoms with van der Waals surface area (Å²) in [5.74, 6) is 3.25. The molecule has 0 spiro atoms. The summed E-state index contributed by atoms with van der Waals surface area (Å²) in [6, 6.07) is 0. The van der Waals surface area contributed by atoms with Crippen molar-refractivity contribution in [3.8, 4) is 0 Å². The smallest absolute Gasteiger partial charge is 0.165 e. The third-order valence-corrected chi connectivity index (χ3v) is 3.68. The Labute approximate surface area is 109 Å². The van der Waals surface area contributed by atoms with Crippen molar-refractivity contribution in [1.82, 2.24) is 25.5 Å². The Morgan fingerprint density at radius 2 is 2.22 bits per heavy atom. The lowest BCUT2D eigenvalue weighted by Crippen LogP contribution is -2.22. The van der Waals surface area contributed by atoms with Crippen LogP contribution >= 0.6 is 0 Å².